The van der Waals surface area contributed by atoms with Gasteiger partial charge in [0.2, 0.25) is 0 Å². The van der Waals surface area contributed by atoms with Crippen LogP contribution in [0.4, 0.5) is 4.39 Å². The highest BCUT2D eigenvalue weighted by Crippen LogP contribution is 2.30. The third-order valence-electron chi connectivity index (χ3n) is 2.88. The lowest BCUT2D eigenvalue weighted by Crippen LogP contribution is -2.22. The molecule has 0 aliphatic carbocycles. The summed E-state index contributed by atoms with van der Waals surface area (Å²) in [5.74, 6) is -0.237. The van der Waals surface area contributed by atoms with Crippen molar-refractivity contribution in [3.63, 3.8) is 0 Å². The first kappa shape index (κ1) is 14.5. The first-order valence-corrected chi connectivity index (χ1v) is 7.22. The fourth-order valence-corrected chi connectivity index (χ4v) is 2.61. The first-order valence-electron chi connectivity index (χ1n) is 6.05. The minimum Gasteiger partial charge on any atom is -0.306 e. The summed E-state index contributed by atoms with van der Waals surface area (Å²) < 4.78 is 14.0. The highest BCUT2D eigenvalue weighted by Gasteiger charge is 2.16. The maximum absolute atomic E-state index is 13.0. The molecule has 0 saturated heterocycles. The predicted molar refractivity (Wildman–Crippen MR) is 81.1 cm³/mol. The summed E-state index contributed by atoms with van der Waals surface area (Å²) >= 11 is 9.73. The molecular weight excluding hydrogens is 329 g/mol. The fraction of sp³-hybridized carbons (Fsp3) is 0.200. The zero-order chi connectivity index (χ0) is 13.8. The van der Waals surface area contributed by atoms with Gasteiger partial charge in [-0.1, -0.05) is 46.6 Å². The van der Waals surface area contributed by atoms with Crippen molar-refractivity contribution in [1.82, 2.24) is 5.32 Å². The van der Waals surface area contributed by atoms with Crippen molar-refractivity contribution < 1.29 is 4.39 Å². The summed E-state index contributed by atoms with van der Waals surface area (Å²) in [6.07, 6.45) is 0. The molecule has 1 atom stereocenters. The van der Waals surface area contributed by atoms with E-state index in [1.807, 2.05) is 25.1 Å². The van der Waals surface area contributed by atoms with E-state index in [0.717, 1.165) is 22.1 Å². The summed E-state index contributed by atoms with van der Waals surface area (Å²) in [5.41, 5.74) is 1.97. The van der Waals surface area contributed by atoms with E-state index >= 15 is 0 Å². The molecule has 2 aromatic rings. The lowest BCUT2D eigenvalue weighted by atomic mass is 9.98. The maximum Gasteiger partial charge on any atom is 0.123 e. The van der Waals surface area contributed by atoms with Crippen molar-refractivity contribution >= 4 is 27.5 Å². The van der Waals surface area contributed by atoms with Crippen molar-refractivity contribution in [1.29, 1.82) is 0 Å². The fourth-order valence-electron chi connectivity index (χ4n) is 2.00. The Bertz CT molecular complexity index is 557. The highest BCUT2D eigenvalue weighted by atomic mass is 79.9. The minimum absolute atomic E-state index is 0.0457. The molecule has 0 saturated carbocycles. The lowest BCUT2D eigenvalue weighted by Gasteiger charge is -2.20. The van der Waals surface area contributed by atoms with E-state index in [2.05, 4.69) is 21.2 Å². The van der Waals surface area contributed by atoms with Crippen molar-refractivity contribution in [2.24, 2.45) is 0 Å². The van der Waals surface area contributed by atoms with Crippen LogP contribution in [-0.2, 0) is 0 Å². The van der Waals surface area contributed by atoms with Gasteiger partial charge in [0.15, 0.2) is 0 Å². The molecule has 0 heterocycles. The van der Waals surface area contributed by atoms with Crippen molar-refractivity contribution in [3.8, 4) is 0 Å². The molecule has 0 bridgehead atoms. The summed E-state index contributed by atoms with van der Waals surface area (Å²) in [6, 6.07) is 12.2. The average Bonchev–Trinajstić information content (AvgIpc) is 2.40. The van der Waals surface area contributed by atoms with Gasteiger partial charge in [0.05, 0.1) is 6.04 Å². The Morgan fingerprint density at radius 3 is 2.53 bits per heavy atom. The van der Waals surface area contributed by atoms with Crippen LogP contribution in [0.2, 0.25) is 5.02 Å². The molecule has 0 fully saturated rings. The molecule has 1 nitrogen and oxygen atoms in total. The van der Waals surface area contributed by atoms with Crippen LogP contribution in [0.25, 0.3) is 0 Å². The Labute approximate surface area is 125 Å². The van der Waals surface area contributed by atoms with Gasteiger partial charge in [-0.05, 0) is 48.0 Å². The minimum atomic E-state index is -0.237. The van der Waals surface area contributed by atoms with Crippen LogP contribution in [0.1, 0.15) is 24.1 Å². The standard InChI is InChI=1S/C15H14BrClFN/c1-2-19-15(10-3-6-12(18)7-4-10)13-9-11(16)5-8-14(13)17/h3-9,15,19H,2H2,1H3. The van der Waals surface area contributed by atoms with Gasteiger partial charge in [-0.15, -0.1) is 0 Å². The maximum atomic E-state index is 13.0. The summed E-state index contributed by atoms with van der Waals surface area (Å²) in [4.78, 5) is 0. The zero-order valence-corrected chi connectivity index (χ0v) is 12.8. The van der Waals surface area contributed by atoms with E-state index in [-0.39, 0.29) is 11.9 Å². The third kappa shape index (κ3) is 3.56. The zero-order valence-electron chi connectivity index (χ0n) is 10.5. The number of rotatable bonds is 4. The summed E-state index contributed by atoms with van der Waals surface area (Å²) in [5, 5.41) is 4.07. The predicted octanol–water partition coefficient (Wildman–Crippen LogP) is 4.94. The largest absolute Gasteiger partial charge is 0.306 e. The molecule has 0 amide bonds. The van der Waals surface area contributed by atoms with Crippen LogP contribution in [-0.4, -0.2) is 6.54 Å². The van der Waals surface area contributed by atoms with Crippen molar-refractivity contribution in [3.05, 3.63) is 68.9 Å². The van der Waals surface area contributed by atoms with E-state index < -0.39 is 0 Å². The molecule has 1 unspecified atom stereocenters. The molecule has 2 aromatic carbocycles. The second-order valence-corrected chi connectivity index (χ2v) is 5.53. The molecule has 4 heteroatoms. The molecule has 0 aromatic heterocycles. The van der Waals surface area contributed by atoms with E-state index in [1.165, 1.54) is 12.1 Å². The van der Waals surface area contributed by atoms with E-state index in [4.69, 9.17) is 11.6 Å². The number of halogens is 3. The van der Waals surface area contributed by atoms with Crippen LogP contribution in [0.3, 0.4) is 0 Å². The number of benzene rings is 2. The van der Waals surface area contributed by atoms with Gasteiger partial charge < -0.3 is 5.32 Å². The van der Waals surface area contributed by atoms with Gasteiger partial charge in [0.25, 0.3) is 0 Å². The van der Waals surface area contributed by atoms with Gasteiger partial charge in [0, 0.05) is 9.50 Å². The Morgan fingerprint density at radius 2 is 1.89 bits per heavy atom. The second kappa shape index (κ2) is 6.51. The molecule has 0 aliphatic heterocycles. The van der Waals surface area contributed by atoms with Gasteiger partial charge in [-0.3, -0.25) is 0 Å². The third-order valence-corrected chi connectivity index (χ3v) is 3.72. The monoisotopic (exact) mass is 341 g/mol. The van der Waals surface area contributed by atoms with E-state index in [9.17, 15) is 4.39 Å². The Hall–Kier alpha value is -0.900. The van der Waals surface area contributed by atoms with E-state index in [0.29, 0.717) is 5.02 Å². The van der Waals surface area contributed by atoms with Crippen LogP contribution in [0.5, 0.6) is 0 Å². The lowest BCUT2D eigenvalue weighted by molar-refractivity contribution is 0.613. The molecule has 0 spiro atoms. The van der Waals surface area contributed by atoms with E-state index in [1.54, 1.807) is 12.1 Å². The van der Waals surface area contributed by atoms with Gasteiger partial charge >= 0.3 is 0 Å². The molecule has 0 radical (unpaired) electrons. The molecule has 2 rings (SSSR count). The Kier molecular flexibility index (Phi) is 4.97. The smallest absolute Gasteiger partial charge is 0.123 e. The molecule has 1 N–H and O–H groups in total. The SMILES string of the molecule is CCNC(c1ccc(F)cc1)c1cc(Br)ccc1Cl. The van der Waals surface area contributed by atoms with Gasteiger partial charge in [0.1, 0.15) is 5.82 Å². The van der Waals surface area contributed by atoms with Crippen molar-refractivity contribution in [2.45, 2.75) is 13.0 Å². The number of nitrogens with one attached hydrogen (secondary N) is 1. The molecule has 19 heavy (non-hydrogen) atoms. The normalized spacial score (nSPS) is 12.4. The summed E-state index contributed by atoms with van der Waals surface area (Å²) in [7, 11) is 0. The Morgan fingerprint density at radius 1 is 1.21 bits per heavy atom. The first-order chi connectivity index (χ1) is 9.11. The van der Waals surface area contributed by atoms with Crippen LogP contribution >= 0.6 is 27.5 Å². The van der Waals surface area contributed by atoms with Gasteiger partial charge in [-0.25, -0.2) is 4.39 Å². The topological polar surface area (TPSA) is 12.0 Å². The second-order valence-electron chi connectivity index (χ2n) is 4.21. The van der Waals surface area contributed by atoms with Crippen LogP contribution in [0, 0.1) is 5.82 Å². The van der Waals surface area contributed by atoms with Crippen LogP contribution in [0.15, 0.2) is 46.9 Å². The number of hydrogen-bond donors (Lipinski definition) is 1. The number of hydrogen-bond acceptors (Lipinski definition) is 1. The molecule has 0 aliphatic rings. The average molecular weight is 343 g/mol. The van der Waals surface area contributed by atoms with Gasteiger partial charge in [-0.2, -0.15) is 0 Å². The molecule has 100 valence electrons. The van der Waals surface area contributed by atoms with Crippen molar-refractivity contribution in [2.75, 3.05) is 6.54 Å². The quantitative estimate of drug-likeness (QED) is 0.830. The summed E-state index contributed by atoms with van der Waals surface area (Å²) in [6.45, 7) is 2.83. The highest BCUT2D eigenvalue weighted by molar-refractivity contribution is 9.10. The van der Waals surface area contributed by atoms with Crippen LogP contribution < -0.4 is 5.32 Å². The molecular formula is C15H14BrClFN. The Balaban J connectivity index is 2.44.